The highest BCUT2D eigenvalue weighted by Gasteiger charge is 2.23. The van der Waals surface area contributed by atoms with E-state index in [0.29, 0.717) is 54.3 Å². The van der Waals surface area contributed by atoms with Crippen molar-refractivity contribution in [3.8, 4) is 11.5 Å². The van der Waals surface area contributed by atoms with Gasteiger partial charge in [-0.25, -0.2) is 9.37 Å². The molecule has 0 saturated carbocycles. The molecule has 0 atom stereocenters. The standard InChI is InChI=1S/C22H23FN4O4/c1-30-19-11-15-17(12-20(19)31-2)24-14-27(22(15)29)13-21(28)26-9-7-25(8-10-26)18-6-4-3-5-16(18)23/h3-6,11-12,14H,7-10,13H2,1-2H3. The van der Waals surface area contributed by atoms with Crippen LogP contribution in [-0.4, -0.2) is 60.8 Å². The van der Waals surface area contributed by atoms with Gasteiger partial charge in [0, 0.05) is 32.2 Å². The number of aromatic nitrogens is 2. The molecule has 0 radical (unpaired) electrons. The number of piperazine rings is 1. The average Bonchev–Trinajstić information content (AvgIpc) is 2.80. The van der Waals surface area contributed by atoms with E-state index in [1.54, 1.807) is 35.2 Å². The Balaban J connectivity index is 1.48. The van der Waals surface area contributed by atoms with Crippen molar-refractivity contribution in [2.45, 2.75) is 6.54 Å². The predicted molar refractivity (Wildman–Crippen MR) is 114 cm³/mol. The molecule has 31 heavy (non-hydrogen) atoms. The molecular formula is C22H23FN4O4. The third-order valence-electron chi connectivity index (χ3n) is 5.46. The molecule has 0 spiro atoms. The van der Waals surface area contributed by atoms with Crippen LogP contribution in [0.1, 0.15) is 0 Å². The highest BCUT2D eigenvalue weighted by atomic mass is 19.1. The van der Waals surface area contributed by atoms with Crippen molar-refractivity contribution in [2.24, 2.45) is 0 Å². The van der Waals surface area contributed by atoms with Gasteiger partial charge in [-0.3, -0.25) is 14.2 Å². The van der Waals surface area contributed by atoms with Gasteiger partial charge in [0.2, 0.25) is 5.91 Å². The summed E-state index contributed by atoms with van der Waals surface area (Å²) in [5.41, 5.74) is 0.670. The summed E-state index contributed by atoms with van der Waals surface area (Å²) >= 11 is 0. The highest BCUT2D eigenvalue weighted by molar-refractivity contribution is 5.82. The minimum absolute atomic E-state index is 0.115. The number of hydrogen-bond donors (Lipinski definition) is 0. The Morgan fingerprint density at radius 1 is 1.06 bits per heavy atom. The van der Waals surface area contributed by atoms with E-state index in [9.17, 15) is 14.0 Å². The van der Waals surface area contributed by atoms with Crippen LogP contribution in [-0.2, 0) is 11.3 Å². The Hall–Kier alpha value is -3.62. The van der Waals surface area contributed by atoms with Gasteiger partial charge in [0.05, 0.1) is 37.1 Å². The average molecular weight is 426 g/mol. The van der Waals surface area contributed by atoms with Crippen molar-refractivity contribution >= 4 is 22.5 Å². The molecular weight excluding hydrogens is 403 g/mol. The second-order valence-electron chi connectivity index (χ2n) is 7.22. The zero-order chi connectivity index (χ0) is 22.0. The Kier molecular flexibility index (Phi) is 5.75. The topological polar surface area (TPSA) is 76.9 Å². The molecule has 4 rings (SSSR count). The highest BCUT2D eigenvalue weighted by Crippen LogP contribution is 2.29. The number of amides is 1. The number of hydrogen-bond acceptors (Lipinski definition) is 6. The zero-order valence-electron chi connectivity index (χ0n) is 17.4. The first-order valence-corrected chi connectivity index (χ1v) is 9.90. The summed E-state index contributed by atoms with van der Waals surface area (Å²) in [5.74, 6) is 0.436. The number of methoxy groups -OCH3 is 2. The molecule has 1 saturated heterocycles. The van der Waals surface area contributed by atoms with Crippen molar-refractivity contribution in [3.63, 3.8) is 0 Å². The summed E-state index contributed by atoms with van der Waals surface area (Å²) in [6, 6.07) is 9.80. The quantitative estimate of drug-likeness (QED) is 0.620. The smallest absolute Gasteiger partial charge is 0.261 e. The predicted octanol–water partition coefficient (Wildman–Crippen LogP) is 1.90. The van der Waals surface area contributed by atoms with Gasteiger partial charge in [0.1, 0.15) is 12.4 Å². The summed E-state index contributed by atoms with van der Waals surface area (Å²) in [7, 11) is 3.00. The monoisotopic (exact) mass is 426 g/mol. The molecule has 1 aromatic heterocycles. The van der Waals surface area contributed by atoms with Crippen LogP contribution in [0.25, 0.3) is 10.9 Å². The molecule has 2 aromatic carbocycles. The van der Waals surface area contributed by atoms with Crippen LogP contribution in [0.4, 0.5) is 10.1 Å². The summed E-state index contributed by atoms with van der Waals surface area (Å²) in [6.45, 7) is 1.83. The van der Waals surface area contributed by atoms with Gasteiger partial charge >= 0.3 is 0 Å². The first-order chi connectivity index (χ1) is 15.0. The van der Waals surface area contributed by atoms with Gasteiger partial charge in [0.25, 0.3) is 5.56 Å². The number of carbonyl (C=O) groups is 1. The number of rotatable bonds is 5. The molecule has 1 aliphatic rings. The lowest BCUT2D eigenvalue weighted by Gasteiger charge is -2.36. The van der Waals surface area contributed by atoms with Crippen LogP contribution >= 0.6 is 0 Å². The maximum absolute atomic E-state index is 14.0. The minimum Gasteiger partial charge on any atom is -0.493 e. The first kappa shape index (κ1) is 20.6. The molecule has 8 nitrogen and oxygen atoms in total. The van der Waals surface area contributed by atoms with Crippen LogP contribution in [0.5, 0.6) is 11.5 Å². The molecule has 2 heterocycles. The van der Waals surface area contributed by atoms with Crippen LogP contribution in [0, 0.1) is 5.82 Å². The van der Waals surface area contributed by atoms with Crippen molar-refractivity contribution < 1.29 is 18.7 Å². The fraction of sp³-hybridized carbons (Fsp3) is 0.318. The Morgan fingerprint density at radius 2 is 1.74 bits per heavy atom. The number of nitrogens with zero attached hydrogens (tertiary/aromatic N) is 4. The Bertz CT molecular complexity index is 1170. The first-order valence-electron chi connectivity index (χ1n) is 9.90. The largest absolute Gasteiger partial charge is 0.493 e. The molecule has 3 aromatic rings. The van der Waals surface area contributed by atoms with Crippen LogP contribution in [0.3, 0.4) is 0 Å². The van der Waals surface area contributed by atoms with Gasteiger partial charge < -0.3 is 19.3 Å². The fourth-order valence-corrected chi connectivity index (χ4v) is 3.75. The summed E-state index contributed by atoms with van der Waals surface area (Å²) < 4.78 is 25.8. The lowest BCUT2D eigenvalue weighted by atomic mass is 10.2. The van der Waals surface area contributed by atoms with E-state index < -0.39 is 0 Å². The van der Waals surface area contributed by atoms with Crippen LogP contribution in [0.2, 0.25) is 0 Å². The molecule has 9 heteroatoms. The van der Waals surface area contributed by atoms with E-state index in [4.69, 9.17) is 9.47 Å². The minimum atomic E-state index is -0.329. The van der Waals surface area contributed by atoms with E-state index >= 15 is 0 Å². The number of ether oxygens (including phenoxy) is 2. The molecule has 1 amide bonds. The van der Waals surface area contributed by atoms with Gasteiger partial charge in [-0.1, -0.05) is 12.1 Å². The van der Waals surface area contributed by atoms with Crippen LogP contribution < -0.4 is 19.9 Å². The van der Waals surface area contributed by atoms with Gasteiger partial charge in [-0.05, 0) is 18.2 Å². The number of para-hydroxylation sites is 1. The third kappa shape index (κ3) is 4.03. The second-order valence-corrected chi connectivity index (χ2v) is 7.22. The number of benzene rings is 2. The zero-order valence-corrected chi connectivity index (χ0v) is 17.4. The van der Waals surface area contributed by atoms with Crippen molar-refractivity contribution in [1.29, 1.82) is 0 Å². The molecule has 0 unspecified atom stereocenters. The summed E-state index contributed by atoms with van der Waals surface area (Å²) in [4.78, 5) is 33.6. The van der Waals surface area contributed by atoms with E-state index in [-0.39, 0.29) is 23.8 Å². The number of halogens is 1. The number of fused-ring (bicyclic) bond motifs is 1. The van der Waals surface area contributed by atoms with Crippen molar-refractivity contribution in [1.82, 2.24) is 14.5 Å². The lowest BCUT2D eigenvalue weighted by Crippen LogP contribution is -2.50. The van der Waals surface area contributed by atoms with Gasteiger partial charge in [0.15, 0.2) is 11.5 Å². The number of carbonyl (C=O) groups excluding carboxylic acids is 1. The van der Waals surface area contributed by atoms with Gasteiger partial charge in [-0.15, -0.1) is 0 Å². The normalized spacial score (nSPS) is 14.0. The van der Waals surface area contributed by atoms with Gasteiger partial charge in [-0.2, -0.15) is 0 Å². The summed E-state index contributed by atoms with van der Waals surface area (Å²) in [6.07, 6.45) is 1.37. The maximum Gasteiger partial charge on any atom is 0.261 e. The summed E-state index contributed by atoms with van der Waals surface area (Å²) in [5, 5.41) is 0.345. The van der Waals surface area contributed by atoms with E-state index in [2.05, 4.69) is 4.98 Å². The fourth-order valence-electron chi connectivity index (χ4n) is 3.75. The Morgan fingerprint density at radius 3 is 2.42 bits per heavy atom. The Labute approximate surface area is 178 Å². The third-order valence-corrected chi connectivity index (χ3v) is 5.46. The molecule has 1 fully saturated rings. The molecule has 0 N–H and O–H groups in total. The van der Waals surface area contributed by atoms with E-state index in [1.165, 1.54) is 31.2 Å². The SMILES string of the molecule is COc1cc2ncn(CC(=O)N3CCN(c4ccccc4F)CC3)c(=O)c2cc1OC. The van der Waals surface area contributed by atoms with Crippen molar-refractivity contribution in [2.75, 3.05) is 45.3 Å². The van der Waals surface area contributed by atoms with Crippen molar-refractivity contribution in [3.05, 3.63) is 58.9 Å². The number of anilines is 1. The second kappa shape index (κ2) is 8.63. The van der Waals surface area contributed by atoms with E-state index in [0.717, 1.165) is 0 Å². The van der Waals surface area contributed by atoms with Crippen LogP contribution in [0.15, 0.2) is 47.5 Å². The van der Waals surface area contributed by atoms with E-state index in [1.807, 2.05) is 4.90 Å². The molecule has 1 aliphatic heterocycles. The maximum atomic E-state index is 14.0. The molecule has 0 aliphatic carbocycles. The molecule has 162 valence electrons. The molecule has 0 bridgehead atoms. The lowest BCUT2D eigenvalue weighted by molar-refractivity contribution is -0.132.